The molecule has 3 rings (SSSR count). The Balaban J connectivity index is 1.79. The van der Waals surface area contributed by atoms with Gasteiger partial charge < -0.3 is 28.7 Å². The van der Waals surface area contributed by atoms with E-state index in [0.717, 1.165) is 18.7 Å². The maximum Gasteiger partial charge on any atom is 0.410 e. The Morgan fingerprint density at radius 1 is 1.00 bits per heavy atom. The van der Waals surface area contributed by atoms with E-state index in [1.807, 2.05) is 26.8 Å². The van der Waals surface area contributed by atoms with E-state index in [2.05, 4.69) is 4.90 Å². The van der Waals surface area contributed by atoms with E-state index in [0.29, 0.717) is 49.9 Å². The van der Waals surface area contributed by atoms with Crippen molar-refractivity contribution >= 4 is 17.7 Å². The van der Waals surface area contributed by atoms with Gasteiger partial charge in [-0.25, -0.2) is 9.59 Å². The summed E-state index contributed by atoms with van der Waals surface area (Å²) < 4.78 is 21.9. The standard InChI is InChI=1S/C20H28N2O6/c1-20(2,3)28-19(24)22-9-5-8-21(10-11-22)15-7-6-14(18(23)25-4)16-17(15)27-13-12-26-16/h6-7H,5,8-13H2,1-4H3. The molecule has 1 aromatic rings. The Hall–Kier alpha value is -2.64. The number of methoxy groups -OCH3 is 1. The van der Waals surface area contributed by atoms with Gasteiger partial charge in [-0.05, 0) is 39.3 Å². The third kappa shape index (κ3) is 4.43. The van der Waals surface area contributed by atoms with Crippen molar-refractivity contribution in [3.63, 3.8) is 0 Å². The molecule has 8 nitrogen and oxygen atoms in total. The summed E-state index contributed by atoms with van der Waals surface area (Å²) in [6.07, 6.45) is 0.505. The number of hydrogen-bond donors (Lipinski definition) is 0. The summed E-state index contributed by atoms with van der Waals surface area (Å²) >= 11 is 0. The Kier molecular flexibility index (Phi) is 5.86. The molecule has 0 saturated carbocycles. The molecule has 2 heterocycles. The van der Waals surface area contributed by atoms with Gasteiger partial charge in [0.15, 0.2) is 11.5 Å². The van der Waals surface area contributed by atoms with Gasteiger partial charge in [0.05, 0.1) is 12.8 Å². The molecular formula is C20H28N2O6. The van der Waals surface area contributed by atoms with Crippen LogP contribution in [0.25, 0.3) is 0 Å². The predicted molar refractivity (Wildman–Crippen MR) is 103 cm³/mol. The highest BCUT2D eigenvalue weighted by atomic mass is 16.6. The third-order valence-corrected chi connectivity index (χ3v) is 4.56. The molecule has 0 radical (unpaired) electrons. The minimum atomic E-state index is -0.517. The number of carbonyl (C=O) groups is 2. The van der Waals surface area contributed by atoms with Gasteiger partial charge in [0.2, 0.25) is 0 Å². The van der Waals surface area contributed by atoms with Crippen LogP contribution in [-0.2, 0) is 9.47 Å². The van der Waals surface area contributed by atoms with Crippen molar-refractivity contribution in [1.82, 2.24) is 4.90 Å². The van der Waals surface area contributed by atoms with E-state index in [4.69, 9.17) is 18.9 Å². The molecule has 0 aliphatic carbocycles. The van der Waals surface area contributed by atoms with Crippen molar-refractivity contribution in [2.24, 2.45) is 0 Å². The summed E-state index contributed by atoms with van der Waals surface area (Å²) in [4.78, 5) is 28.3. The lowest BCUT2D eigenvalue weighted by atomic mass is 10.1. The van der Waals surface area contributed by atoms with Crippen LogP contribution in [0.1, 0.15) is 37.6 Å². The second-order valence-corrected chi connectivity index (χ2v) is 7.79. The summed E-state index contributed by atoms with van der Waals surface area (Å²) in [6, 6.07) is 3.55. The van der Waals surface area contributed by atoms with Gasteiger partial charge in [-0.3, -0.25) is 0 Å². The lowest BCUT2D eigenvalue weighted by Gasteiger charge is -2.29. The fraction of sp³-hybridized carbons (Fsp3) is 0.600. The van der Waals surface area contributed by atoms with Crippen molar-refractivity contribution in [2.45, 2.75) is 32.8 Å². The first-order chi connectivity index (χ1) is 13.3. The van der Waals surface area contributed by atoms with Crippen molar-refractivity contribution in [2.75, 3.05) is 51.4 Å². The van der Waals surface area contributed by atoms with Gasteiger partial charge in [0.1, 0.15) is 24.4 Å². The largest absolute Gasteiger partial charge is 0.485 e. The molecule has 1 fully saturated rings. The Morgan fingerprint density at radius 2 is 1.71 bits per heavy atom. The van der Waals surface area contributed by atoms with Crippen LogP contribution >= 0.6 is 0 Å². The van der Waals surface area contributed by atoms with Crippen LogP contribution in [0.4, 0.5) is 10.5 Å². The molecule has 0 atom stereocenters. The minimum Gasteiger partial charge on any atom is -0.485 e. The van der Waals surface area contributed by atoms with E-state index in [1.54, 1.807) is 11.0 Å². The molecule has 8 heteroatoms. The topological polar surface area (TPSA) is 77.5 Å². The van der Waals surface area contributed by atoms with Crippen LogP contribution in [0.2, 0.25) is 0 Å². The van der Waals surface area contributed by atoms with Crippen molar-refractivity contribution in [1.29, 1.82) is 0 Å². The Morgan fingerprint density at radius 3 is 2.39 bits per heavy atom. The number of nitrogens with zero attached hydrogens (tertiary/aromatic N) is 2. The van der Waals surface area contributed by atoms with E-state index in [-0.39, 0.29) is 6.09 Å². The highest BCUT2D eigenvalue weighted by Gasteiger charge is 2.29. The van der Waals surface area contributed by atoms with Gasteiger partial charge in [0.25, 0.3) is 0 Å². The fourth-order valence-corrected chi connectivity index (χ4v) is 3.31. The highest BCUT2D eigenvalue weighted by molar-refractivity contribution is 5.95. The average molecular weight is 392 g/mol. The zero-order chi connectivity index (χ0) is 20.3. The van der Waals surface area contributed by atoms with Crippen molar-refractivity contribution in [3.8, 4) is 11.5 Å². The fourth-order valence-electron chi connectivity index (χ4n) is 3.31. The molecule has 0 aromatic heterocycles. The van der Waals surface area contributed by atoms with Crippen molar-refractivity contribution in [3.05, 3.63) is 17.7 Å². The van der Waals surface area contributed by atoms with Crippen LogP contribution < -0.4 is 14.4 Å². The number of ether oxygens (including phenoxy) is 4. The third-order valence-electron chi connectivity index (χ3n) is 4.56. The zero-order valence-corrected chi connectivity index (χ0v) is 16.9. The van der Waals surface area contributed by atoms with Crippen LogP contribution in [-0.4, -0.2) is 69.1 Å². The normalized spacial score (nSPS) is 17.0. The second kappa shape index (κ2) is 8.16. The molecule has 1 amide bonds. The van der Waals surface area contributed by atoms with Gasteiger partial charge in [0, 0.05) is 26.2 Å². The smallest absolute Gasteiger partial charge is 0.410 e. The lowest BCUT2D eigenvalue weighted by molar-refractivity contribution is 0.0263. The molecule has 0 N–H and O–H groups in total. The van der Waals surface area contributed by atoms with E-state index in [9.17, 15) is 9.59 Å². The Labute approximate surface area is 165 Å². The van der Waals surface area contributed by atoms with Gasteiger partial charge in [-0.1, -0.05) is 0 Å². The monoisotopic (exact) mass is 392 g/mol. The predicted octanol–water partition coefficient (Wildman–Crippen LogP) is 2.69. The number of anilines is 1. The first kappa shape index (κ1) is 20.1. The maximum atomic E-state index is 12.4. The summed E-state index contributed by atoms with van der Waals surface area (Å²) in [6.45, 7) is 8.95. The first-order valence-corrected chi connectivity index (χ1v) is 9.54. The summed E-state index contributed by atoms with van der Waals surface area (Å²) in [5, 5.41) is 0. The lowest BCUT2D eigenvalue weighted by Crippen LogP contribution is -2.39. The molecule has 0 bridgehead atoms. The molecule has 2 aliphatic rings. The number of carbonyl (C=O) groups excluding carboxylic acids is 2. The number of benzene rings is 1. The molecule has 1 saturated heterocycles. The van der Waals surface area contributed by atoms with Gasteiger partial charge in [-0.2, -0.15) is 0 Å². The zero-order valence-electron chi connectivity index (χ0n) is 16.9. The quantitative estimate of drug-likeness (QED) is 0.716. The van der Waals surface area contributed by atoms with E-state index in [1.165, 1.54) is 7.11 Å². The number of amides is 1. The van der Waals surface area contributed by atoms with Crippen LogP contribution in [0, 0.1) is 0 Å². The second-order valence-electron chi connectivity index (χ2n) is 7.79. The molecule has 0 unspecified atom stereocenters. The Bertz CT molecular complexity index is 743. The highest BCUT2D eigenvalue weighted by Crippen LogP contribution is 2.42. The number of fused-ring (bicyclic) bond motifs is 1. The summed E-state index contributed by atoms with van der Waals surface area (Å²) in [5.41, 5.74) is 0.691. The number of esters is 1. The molecule has 28 heavy (non-hydrogen) atoms. The molecular weight excluding hydrogens is 364 g/mol. The van der Waals surface area contributed by atoms with Crippen molar-refractivity contribution < 1.29 is 28.5 Å². The minimum absolute atomic E-state index is 0.294. The number of rotatable bonds is 2. The van der Waals surface area contributed by atoms with Gasteiger partial charge in [-0.15, -0.1) is 0 Å². The van der Waals surface area contributed by atoms with E-state index < -0.39 is 11.6 Å². The SMILES string of the molecule is COC(=O)c1ccc(N2CCCN(C(=O)OC(C)(C)C)CC2)c2c1OCCO2. The van der Waals surface area contributed by atoms with Crippen LogP contribution in [0.5, 0.6) is 11.5 Å². The van der Waals surface area contributed by atoms with Gasteiger partial charge >= 0.3 is 12.1 Å². The molecule has 1 aromatic carbocycles. The molecule has 0 spiro atoms. The average Bonchev–Trinajstić information content (AvgIpc) is 2.91. The first-order valence-electron chi connectivity index (χ1n) is 9.54. The van der Waals surface area contributed by atoms with Crippen LogP contribution in [0.15, 0.2) is 12.1 Å². The van der Waals surface area contributed by atoms with E-state index >= 15 is 0 Å². The maximum absolute atomic E-state index is 12.4. The number of hydrogen-bond acceptors (Lipinski definition) is 7. The summed E-state index contributed by atoms with van der Waals surface area (Å²) in [5.74, 6) is 0.518. The molecule has 154 valence electrons. The van der Waals surface area contributed by atoms with Crippen LogP contribution in [0.3, 0.4) is 0 Å². The molecule has 2 aliphatic heterocycles. The summed E-state index contributed by atoms with van der Waals surface area (Å²) in [7, 11) is 1.34.